The zero-order chi connectivity index (χ0) is 22.7. The number of hydrogen-bond donors (Lipinski definition) is 1. The standard InChI is InChI=1S/C23H28N4O5/c1-3-26-22(29)17-6-4-5-7-18(17)27(23(26)30)15-21(28)24-14-19(20-9-8-16(2)32-20)25-10-12-31-13-11-25/h4-9,19H,3,10-15H2,1-2H3,(H,24,28). The summed E-state index contributed by atoms with van der Waals surface area (Å²) in [5, 5.41) is 3.37. The van der Waals surface area contributed by atoms with Crippen molar-refractivity contribution in [2.45, 2.75) is 33.0 Å². The van der Waals surface area contributed by atoms with Gasteiger partial charge in [0, 0.05) is 26.2 Å². The Morgan fingerprint density at radius 3 is 2.53 bits per heavy atom. The Kier molecular flexibility index (Phi) is 6.57. The number of nitrogens with one attached hydrogen (secondary N) is 1. The largest absolute Gasteiger partial charge is 0.465 e. The molecule has 170 valence electrons. The minimum Gasteiger partial charge on any atom is -0.465 e. The Bertz CT molecular complexity index is 1220. The van der Waals surface area contributed by atoms with Gasteiger partial charge in [0.2, 0.25) is 5.91 Å². The van der Waals surface area contributed by atoms with Crippen molar-refractivity contribution in [2.75, 3.05) is 32.8 Å². The lowest BCUT2D eigenvalue weighted by molar-refractivity contribution is -0.122. The van der Waals surface area contributed by atoms with Gasteiger partial charge in [-0.25, -0.2) is 4.79 Å². The Balaban J connectivity index is 1.56. The van der Waals surface area contributed by atoms with E-state index in [1.165, 1.54) is 4.57 Å². The maximum Gasteiger partial charge on any atom is 0.331 e. The second kappa shape index (κ2) is 9.54. The van der Waals surface area contributed by atoms with Crippen molar-refractivity contribution in [3.63, 3.8) is 0 Å². The zero-order valence-electron chi connectivity index (χ0n) is 18.4. The highest BCUT2D eigenvalue weighted by molar-refractivity contribution is 5.81. The van der Waals surface area contributed by atoms with Gasteiger partial charge >= 0.3 is 5.69 Å². The van der Waals surface area contributed by atoms with Crippen LogP contribution in [0.3, 0.4) is 0 Å². The van der Waals surface area contributed by atoms with Gasteiger partial charge in [-0.1, -0.05) is 12.1 Å². The molecule has 1 atom stereocenters. The molecule has 1 saturated heterocycles. The molecular formula is C23H28N4O5. The van der Waals surface area contributed by atoms with E-state index in [-0.39, 0.29) is 30.6 Å². The molecule has 0 bridgehead atoms. The van der Waals surface area contributed by atoms with Crippen molar-refractivity contribution < 1.29 is 13.9 Å². The number of morpholine rings is 1. The number of benzene rings is 1. The van der Waals surface area contributed by atoms with Gasteiger partial charge in [-0.3, -0.25) is 23.6 Å². The summed E-state index contributed by atoms with van der Waals surface area (Å²) in [7, 11) is 0. The summed E-state index contributed by atoms with van der Waals surface area (Å²) in [5.74, 6) is 1.29. The van der Waals surface area contributed by atoms with Crippen LogP contribution in [0.25, 0.3) is 10.9 Å². The Labute approximate surface area is 185 Å². The normalized spacial score (nSPS) is 15.7. The van der Waals surface area contributed by atoms with Crippen LogP contribution in [0.5, 0.6) is 0 Å². The number of hydrogen-bond acceptors (Lipinski definition) is 6. The summed E-state index contributed by atoms with van der Waals surface area (Å²) in [6.45, 7) is 6.77. The maximum absolute atomic E-state index is 12.9. The molecule has 0 spiro atoms. The molecule has 1 fully saturated rings. The number of rotatable bonds is 7. The van der Waals surface area contributed by atoms with Crippen LogP contribution in [0.1, 0.15) is 24.5 Å². The highest BCUT2D eigenvalue weighted by Gasteiger charge is 2.26. The molecule has 1 aliphatic heterocycles. The van der Waals surface area contributed by atoms with Gasteiger partial charge in [0.15, 0.2) is 0 Å². The van der Waals surface area contributed by atoms with Crippen LogP contribution < -0.4 is 16.6 Å². The molecule has 32 heavy (non-hydrogen) atoms. The first-order chi connectivity index (χ1) is 15.5. The maximum atomic E-state index is 12.9. The van der Waals surface area contributed by atoms with Crippen molar-refractivity contribution in [1.82, 2.24) is 19.4 Å². The number of fused-ring (bicyclic) bond motifs is 1. The fourth-order valence-corrected chi connectivity index (χ4v) is 4.14. The van der Waals surface area contributed by atoms with E-state index in [9.17, 15) is 14.4 Å². The third kappa shape index (κ3) is 4.39. The fourth-order valence-electron chi connectivity index (χ4n) is 4.14. The molecule has 4 rings (SSSR count). The summed E-state index contributed by atoms with van der Waals surface area (Å²) in [6.07, 6.45) is 0. The second-order valence-corrected chi connectivity index (χ2v) is 7.85. The molecule has 0 aliphatic carbocycles. The molecule has 1 amide bonds. The van der Waals surface area contributed by atoms with Gasteiger partial charge in [0.1, 0.15) is 18.1 Å². The Morgan fingerprint density at radius 2 is 1.84 bits per heavy atom. The molecule has 1 unspecified atom stereocenters. The minimum atomic E-state index is -0.488. The van der Waals surface area contributed by atoms with Crippen molar-refractivity contribution in [1.29, 1.82) is 0 Å². The summed E-state index contributed by atoms with van der Waals surface area (Å²) in [4.78, 5) is 40.6. The molecule has 1 N–H and O–H groups in total. The molecule has 3 heterocycles. The van der Waals surface area contributed by atoms with Crippen molar-refractivity contribution >= 4 is 16.8 Å². The van der Waals surface area contributed by atoms with E-state index in [1.54, 1.807) is 31.2 Å². The van der Waals surface area contributed by atoms with Crippen LogP contribution in [0, 0.1) is 6.92 Å². The lowest BCUT2D eigenvalue weighted by Gasteiger charge is -2.33. The summed E-state index contributed by atoms with van der Waals surface area (Å²) >= 11 is 0. The molecule has 2 aromatic heterocycles. The summed E-state index contributed by atoms with van der Waals surface area (Å²) < 4.78 is 13.8. The summed E-state index contributed by atoms with van der Waals surface area (Å²) in [6, 6.07) is 10.6. The molecule has 0 radical (unpaired) electrons. The summed E-state index contributed by atoms with van der Waals surface area (Å²) in [5.41, 5.74) is -0.378. The van der Waals surface area contributed by atoms with Crippen molar-refractivity contribution in [2.24, 2.45) is 0 Å². The molecule has 1 aliphatic rings. The van der Waals surface area contributed by atoms with E-state index in [1.807, 2.05) is 19.1 Å². The van der Waals surface area contributed by atoms with Crippen LogP contribution in [-0.4, -0.2) is 52.8 Å². The van der Waals surface area contributed by atoms with Gasteiger partial charge in [-0.15, -0.1) is 0 Å². The smallest absolute Gasteiger partial charge is 0.331 e. The van der Waals surface area contributed by atoms with Gasteiger partial charge < -0.3 is 14.5 Å². The van der Waals surface area contributed by atoms with E-state index in [2.05, 4.69) is 10.2 Å². The Morgan fingerprint density at radius 1 is 1.09 bits per heavy atom. The average Bonchev–Trinajstić information content (AvgIpc) is 3.24. The second-order valence-electron chi connectivity index (χ2n) is 7.85. The highest BCUT2D eigenvalue weighted by Crippen LogP contribution is 2.23. The van der Waals surface area contributed by atoms with Gasteiger partial charge in [-0.05, 0) is 38.1 Å². The minimum absolute atomic E-state index is 0.130. The molecular weight excluding hydrogens is 412 g/mol. The number of aromatic nitrogens is 2. The Hall–Kier alpha value is -3.17. The molecule has 1 aromatic carbocycles. The van der Waals surface area contributed by atoms with Gasteiger partial charge in [0.25, 0.3) is 5.56 Å². The first-order valence-electron chi connectivity index (χ1n) is 10.9. The highest BCUT2D eigenvalue weighted by atomic mass is 16.5. The quantitative estimate of drug-likeness (QED) is 0.594. The van der Waals surface area contributed by atoms with Crippen molar-refractivity contribution in [3.8, 4) is 0 Å². The number of carbonyl (C=O) groups excluding carboxylic acids is 1. The topological polar surface area (TPSA) is 98.7 Å². The molecule has 0 saturated carbocycles. The molecule has 3 aromatic rings. The molecule has 9 nitrogen and oxygen atoms in total. The SMILES string of the molecule is CCn1c(=O)c2ccccc2n(CC(=O)NCC(c2ccc(C)o2)N2CCOCC2)c1=O. The number of nitrogens with zero attached hydrogens (tertiary/aromatic N) is 3. The van der Waals surface area contributed by atoms with Crippen LogP contribution in [0.2, 0.25) is 0 Å². The number of carbonyl (C=O) groups is 1. The first-order valence-corrected chi connectivity index (χ1v) is 10.9. The number of ether oxygens (including phenoxy) is 1. The predicted octanol–water partition coefficient (Wildman–Crippen LogP) is 1.27. The molecule has 9 heteroatoms. The van der Waals surface area contributed by atoms with E-state index in [4.69, 9.17) is 9.15 Å². The first kappa shape index (κ1) is 22.0. The van der Waals surface area contributed by atoms with E-state index < -0.39 is 5.69 Å². The number of furan rings is 1. The number of para-hydroxylation sites is 1. The van der Waals surface area contributed by atoms with Crippen LogP contribution in [-0.2, 0) is 22.6 Å². The van der Waals surface area contributed by atoms with Gasteiger partial charge in [-0.2, -0.15) is 0 Å². The van der Waals surface area contributed by atoms with E-state index >= 15 is 0 Å². The van der Waals surface area contributed by atoms with Gasteiger partial charge in [0.05, 0.1) is 30.2 Å². The van der Waals surface area contributed by atoms with Crippen molar-refractivity contribution in [3.05, 3.63) is 68.8 Å². The zero-order valence-corrected chi connectivity index (χ0v) is 18.4. The van der Waals surface area contributed by atoms with Crippen LogP contribution in [0.15, 0.2) is 50.4 Å². The number of amides is 1. The fraction of sp³-hybridized carbons (Fsp3) is 0.435. The van der Waals surface area contributed by atoms with Crippen LogP contribution >= 0.6 is 0 Å². The van der Waals surface area contributed by atoms with Crippen LogP contribution in [0.4, 0.5) is 0 Å². The third-order valence-electron chi connectivity index (χ3n) is 5.82. The third-order valence-corrected chi connectivity index (χ3v) is 5.82. The lowest BCUT2D eigenvalue weighted by atomic mass is 10.1. The van der Waals surface area contributed by atoms with E-state index in [0.717, 1.165) is 29.2 Å². The lowest BCUT2D eigenvalue weighted by Crippen LogP contribution is -2.45. The van der Waals surface area contributed by atoms with E-state index in [0.29, 0.717) is 30.7 Å². The monoisotopic (exact) mass is 440 g/mol. The number of aryl methyl sites for hydroxylation is 1. The predicted molar refractivity (Wildman–Crippen MR) is 120 cm³/mol. The average molecular weight is 441 g/mol.